The molecular formula is C18H17N5OS. The molecule has 1 aliphatic rings. The molecule has 0 saturated heterocycles. The highest BCUT2D eigenvalue weighted by atomic mass is 32.1. The summed E-state index contributed by atoms with van der Waals surface area (Å²) in [7, 11) is 0. The summed E-state index contributed by atoms with van der Waals surface area (Å²) < 4.78 is 1.39. The molecule has 4 aromatic rings. The van der Waals surface area contributed by atoms with Crippen molar-refractivity contribution in [1.82, 2.24) is 14.6 Å². The first-order valence-corrected chi connectivity index (χ1v) is 9.21. The smallest absolute Gasteiger partial charge is 0.283 e. The summed E-state index contributed by atoms with van der Waals surface area (Å²) in [6.07, 6.45) is 3.08. The number of hydrazine groups is 1. The van der Waals surface area contributed by atoms with E-state index in [1.165, 1.54) is 15.0 Å². The third-order valence-electron chi connectivity index (χ3n) is 5.07. The molecule has 0 spiro atoms. The standard InChI is InChI=1S/C18H17N5OS/c1-9-6-7-12-13(8-9)25-17-14(12)18(24)23-16(20-17)11-5-3-2-4-10(11)15(21-19)22-23/h2-5,9H,6-8,19H2,1H3,(H,21,22). The number of benzene rings is 1. The van der Waals surface area contributed by atoms with Gasteiger partial charge < -0.3 is 5.43 Å². The van der Waals surface area contributed by atoms with Gasteiger partial charge in [-0.15, -0.1) is 16.4 Å². The van der Waals surface area contributed by atoms with Gasteiger partial charge in [0, 0.05) is 15.6 Å². The van der Waals surface area contributed by atoms with E-state index < -0.39 is 0 Å². The molecule has 1 aromatic carbocycles. The summed E-state index contributed by atoms with van der Waals surface area (Å²) in [5.74, 6) is 6.76. The number of aryl methyl sites for hydroxylation is 1. The topological polar surface area (TPSA) is 85.3 Å². The Labute approximate surface area is 147 Å². The van der Waals surface area contributed by atoms with Crippen LogP contribution in [0.15, 0.2) is 29.1 Å². The molecule has 5 rings (SSSR count). The van der Waals surface area contributed by atoms with Gasteiger partial charge in [-0.25, -0.2) is 10.8 Å². The number of hydrogen-bond acceptors (Lipinski definition) is 6. The van der Waals surface area contributed by atoms with Gasteiger partial charge in [0.2, 0.25) is 0 Å². The number of nitrogens with zero attached hydrogens (tertiary/aromatic N) is 3. The zero-order valence-electron chi connectivity index (χ0n) is 13.7. The van der Waals surface area contributed by atoms with Crippen molar-refractivity contribution < 1.29 is 0 Å². The maximum Gasteiger partial charge on any atom is 0.283 e. The molecule has 3 N–H and O–H groups in total. The lowest BCUT2D eigenvalue weighted by atomic mass is 9.89. The Kier molecular flexibility index (Phi) is 3.10. The highest BCUT2D eigenvalue weighted by Crippen LogP contribution is 2.36. The van der Waals surface area contributed by atoms with Crippen molar-refractivity contribution in [2.45, 2.75) is 26.2 Å². The number of hydrogen-bond donors (Lipinski definition) is 2. The number of rotatable bonds is 1. The zero-order chi connectivity index (χ0) is 17.1. The van der Waals surface area contributed by atoms with E-state index in [-0.39, 0.29) is 5.56 Å². The molecule has 1 unspecified atom stereocenters. The molecule has 1 atom stereocenters. The zero-order valence-corrected chi connectivity index (χ0v) is 14.6. The number of fused-ring (bicyclic) bond motifs is 6. The third-order valence-corrected chi connectivity index (χ3v) is 6.22. The molecular weight excluding hydrogens is 334 g/mol. The van der Waals surface area contributed by atoms with Crippen LogP contribution in [0, 0.1) is 5.92 Å². The first kappa shape index (κ1) is 14.8. The van der Waals surface area contributed by atoms with E-state index in [9.17, 15) is 4.79 Å². The van der Waals surface area contributed by atoms with E-state index in [1.54, 1.807) is 11.3 Å². The van der Waals surface area contributed by atoms with Gasteiger partial charge in [0.1, 0.15) is 4.83 Å². The predicted molar refractivity (Wildman–Crippen MR) is 101 cm³/mol. The molecule has 7 heteroatoms. The minimum atomic E-state index is -0.102. The molecule has 25 heavy (non-hydrogen) atoms. The quantitative estimate of drug-likeness (QED) is 0.313. The normalized spacial score (nSPS) is 17.3. The van der Waals surface area contributed by atoms with Crippen molar-refractivity contribution in [2.24, 2.45) is 11.8 Å². The van der Waals surface area contributed by atoms with Crippen molar-refractivity contribution in [3.05, 3.63) is 45.1 Å². The molecule has 3 heterocycles. The highest BCUT2D eigenvalue weighted by molar-refractivity contribution is 7.18. The van der Waals surface area contributed by atoms with Gasteiger partial charge in [-0.1, -0.05) is 31.2 Å². The number of nitrogens with two attached hydrogens (primary N) is 1. The van der Waals surface area contributed by atoms with Crippen LogP contribution >= 0.6 is 11.3 Å². The molecule has 0 radical (unpaired) electrons. The number of aromatic nitrogens is 3. The van der Waals surface area contributed by atoms with Crippen molar-refractivity contribution in [3.8, 4) is 0 Å². The molecule has 1 aliphatic carbocycles. The summed E-state index contributed by atoms with van der Waals surface area (Å²) in [5.41, 5.74) is 4.25. The van der Waals surface area contributed by atoms with Crippen molar-refractivity contribution in [3.63, 3.8) is 0 Å². The molecule has 126 valence electrons. The van der Waals surface area contributed by atoms with E-state index >= 15 is 0 Å². The van der Waals surface area contributed by atoms with Gasteiger partial charge in [-0.05, 0) is 30.7 Å². The van der Waals surface area contributed by atoms with Crippen LogP contribution in [0.25, 0.3) is 26.6 Å². The second-order valence-corrected chi connectivity index (χ2v) is 7.81. The molecule has 0 fully saturated rings. The van der Waals surface area contributed by atoms with Crippen LogP contribution in [0.5, 0.6) is 0 Å². The van der Waals surface area contributed by atoms with Crippen LogP contribution < -0.4 is 16.8 Å². The molecule has 3 aromatic heterocycles. The lowest BCUT2D eigenvalue weighted by Gasteiger charge is -2.17. The van der Waals surface area contributed by atoms with Crippen LogP contribution in [-0.4, -0.2) is 14.6 Å². The van der Waals surface area contributed by atoms with Crippen LogP contribution in [-0.2, 0) is 12.8 Å². The minimum Gasteiger partial charge on any atom is -0.307 e. The second kappa shape index (κ2) is 5.24. The van der Waals surface area contributed by atoms with Gasteiger partial charge in [0.05, 0.1) is 5.39 Å². The lowest BCUT2D eigenvalue weighted by molar-refractivity contribution is 0.509. The summed E-state index contributed by atoms with van der Waals surface area (Å²) in [5, 5.41) is 6.87. The fourth-order valence-electron chi connectivity index (χ4n) is 3.79. The van der Waals surface area contributed by atoms with Crippen molar-refractivity contribution in [1.29, 1.82) is 0 Å². The Morgan fingerprint density at radius 1 is 1.32 bits per heavy atom. The SMILES string of the molecule is CC1CCc2c(sc3nc4c5ccccc5c(NN)nn4c(=O)c23)C1. The first-order valence-electron chi connectivity index (χ1n) is 8.40. The van der Waals surface area contributed by atoms with Crippen LogP contribution in [0.4, 0.5) is 5.82 Å². The number of thiophene rings is 1. The molecule has 0 bridgehead atoms. The average molecular weight is 351 g/mol. The van der Waals surface area contributed by atoms with Crippen LogP contribution in [0.3, 0.4) is 0 Å². The Bertz CT molecular complexity index is 1210. The Hall–Kier alpha value is -2.51. The maximum absolute atomic E-state index is 13.2. The van der Waals surface area contributed by atoms with E-state index in [0.29, 0.717) is 17.4 Å². The second-order valence-electron chi connectivity index (χ2n) is 6.72. The van der Waals surface area contributed by atoms with Gasteiger partial charge in [-0.3, -0.25) is 4.79 Å². The van der Waals surface area contributed by atoms with E-state index in [1.807, 2.05) is 24.3 Å². The van der Waals surface area contributed by atoms with E-state index in [4.69, 9.17) is 10.8 Å². The molecule has 0 amide bonds. The van der Waals surface area contributed by atoms with Crippen LogP contribution in [0.1, 0.15) is 23.8 Å². The van der Waals surface area contributed by atoms with Crippen molar-refractivity contribution in [2.75, 3.05) is 5.43 Å². The summed E-state index contributed by atoms with van der Waals surface area (Å²) in [6.45, 7) is 2.26. The minimum absolute atomic E-state index is 0.102. The number of anilines is 1. The summed E-state index contributed by atoms with van der Waals surface area (Å²) in [4.78, 5) is 20.2. The molecule has 6 nitrogen and oxygen atoms in total. The Morgan fingerprint density at radius 3 is 2.92 bits per heavy atom. The van der Waals surface area contributed by atoms with Gasteiger partial charge in [-0.2, -0.15) is 4.52 Å². The average Bonchev–Trinajstić information content (AvgIpc) is 2.99. The van der Waals surface area contributed by atoms with Crippen LogP contribution in [0.2, 0.25) is 0 Å². The monoisotopic (exact) mass is 351 g/mol. The third kappa shape index (κ3) is 2.03. The first-order chi connectivity index (χ1) is 12.2. The summed E-state index contributed by atoms with van der Waals surface area (Å²) in [6, 6.07) is 7.72. The van der Waals surface area contributed by atoms with Gasteiger partial charge in [0.15, 0.2) is 11.5 Å². The number of nitrogens with one attached hydrogen (secondary N) is 1. The molecule has 0 saturated carbocycles. The number of nitrogen functional groups attached to an aromatic ring is 1. The van der Waals surface area contributed by atoms with Crippen molar-refractivity contribution >= 4 is 43.8 Å². The largest absolute Gasteiger partial charge is 0.307 e. The highest BCUT2D eigenvalue weighted by Gasteiger charge is 2.24. The van der Waals surface area contributed by atoms with E-state index in [0.717, 1.165) is 40.3 Å². The lowest BCUT2D eigenvalue weighted by Crippen LogP contribution is -2.21. The Morgan fingerprint density at radius 2 is 2.12 bits per heavy atom. The fraction of sp³-hybridized carbons (Fsp3) is 0.278. The Balaban J connectivity index is 1.96. The maximum atomic E-state index is 13.2. The van der Waals surface area contributed by atoms with E-state index in [2.05, 4.69) is 17.4 Å². The summed E-state index contributed by atoms with van der Waals surface area (Å²) >= 11 is 1.66. The van der Waals surface area contributed by atoms with Gasteiger partial charge >= 0.3 is 0 Å². The molecule has 0 aliphatic heterocycles. The fourth-order valence-corrected chi connectivity index (χ4v) is 5.17. The predicted octanol–water partition coefficient (Wildman–Crippen LogP) is 2.87. The van der Waals surface area contributed by atoms with Gasteiger partial charge in [0.25, 0.3) is 5.56 Å².